The maximum absolute atomic E-state index is 12.5. The number of hydrogen-bond donors (Lipinski definition) is 2. The van der Waals surface area contributed by atoms with Gasteiger partial charge in [0.1, 0.15) is 18.1 Å². The van der Waals surface area contributed by atoms with Gasteiger partial charge in [-0.3, -0.25) is 4.79 Å². The molecule has 1 amide bonds. The van der Waals surface area contributed by atoms with E-state index in [4.69, 9.17) is 9.47 Å². The second kappa shape index (κ2) is 8.20. The van der Waals surface area contributed by atoms with Gasteiger partial charge < -0.3 is 19.9 Å². The fourth-order valence-electron chi connectivity index (χ4n) is 2.85. The monoisotopic (exact) mass is 353 g/mol. The van der Waals surface area contributed by atoms with Crippen LogP contribution in [-0.2, 0) is 20.7 Å². The van der Waals surface area contributed by atoms with Crippen LogP contribution >= 0.6 is 0 Å². The Morgan fingerprint density at radius 3 is 2.27 bits per heavy atom. The lowest BCUT2D eigenvalue weighted by atomic mass is 9.90. The third-order valence-electron chi connectivity index (χ3n) is 4.15. The minimum atomic E-state index is -1.16. The summed E-state index contributed by atoms with van der Waals surface area (Å²) < 4.78 is 10.5. The molecule has 1 aliphatic rings. The minimum Gasteiger partial charge on any atom is -0.480 e. The average molecular weight is 353 g/mol. The van der Waals surface area contributed by atoms with Crippen LogP contribution in [0.15, 0.2) is 72.7 Å². The van der Waals surface area contributed by atoms with E-state index in [2.05, 4.69) is 5.32 Å². The van der Waals surface area contributed by atoms with Gasteiger partial charge in [-0.15, -0.1) is 0 Å². The molecule has 2 aromatic carbocycles. The highest BCUT2D eigenvalue weighted by Gasteiger charge is 2.35. The van der Waals surface area contributed by atoms with E-state index in [1.807, 2.05) is 30.3 Å². The van der Waals surface area contributed by atoms with Gasteiger partial charge in [0.05, 0.1) is 5.92 Å². The fraction of sp³-hybridized carbons (Fsp3) is 0.200. The van der Waals surface area contributed by atoms with Crippen molar-refractivity contribution in [3.8, 4) is 0 Å². The molecule has 6 heteroatoms. The Kier molecular flexibility index (Phi) is 5.53. The van der Waals surface area contributed by atoms with E-state index in [-0.39, 0.29) is 6.79 Å². The smallest absolute Gasteiger partial charge is 0.326 e. The number of aliphatic carboxylic acids is 1. The topological polar surface area (TPSA) is 84.9 Å². The molecule has 0 fully saturated rings. The predicted octanol–water partition coefficient (Wildman–Crippen LogP) is 2.57. The summed E-state index contributed by atoms with van der Waals surface area (Å²) in [4.78, 5) is 24.4. The SMILES string of the molecule is O=C(NC(C(=O)O)C(Cc1ccccc1)C1=COCO1)c1ccccc1. The van der Waals surface area contributed by atoms with Crippen molar-refractivity contribution < 1.29 is 24.2 Å². The van der Waals surface area contributed by atoms with Crippen LogP contribution in [0.2, 0.25) is 0 Å². The number of hydrogen-bond acceptors (Lipinski definition) is 4. The Balaban J connectivity index is 1.85. The van der Waals surface area contributed by atoms with Crippen LogP contribution in [0, 0.1) is 5.92 Å². The van der Waals surface area contributed by atoms with E-state index in [9.17, 15) is 14.7 Å². The molecular weight excluding hydrogens is 334 g/mol. The third-order valence-corrected chi connectivity index (χ3v) is 4.15. The molecule has 2 aromatic rings. The summed E-state index contributed by atoms with van der Waals surface area (Å²) in [5.41, 5.74) is 1.34. The van der Waals surface area contributed by atoms with Crippen LogP contribution in [0.4, 0.5) is 0 Å². The van der Waals surface area contributed by atoms with Crippen molar-refractivity contribution >= 4 is 11.9 Å². The molecule has 0 aromatic heterocycles. The molecule has 0 radical (unpaired) electrons. The molecular formula is C20H19NO5. The number of carbonyl (C=O) groups excluding carboxylic acids is 1. The first-order chi connectivity index (χ1) is 12.6. The minimum absolute atomic E-state index is 0.0413. The highest BCUT2D eigenvalue weighted by Crippen LogP contribution is 2.26. The summed E-state index contributed by atoms with van der Waals surface area (Å²) in [5, 5.41) is 12.4. The van der Waals surface area contributed by atoms with Gasteiger partial charge in [-0.25, -0.2) is 4.79 Å². The summed E-state index contributed by atoms with van der Waals surface area (Å²) in [6, 6.07) is 16.8. The first kappa shape index (κ1) is 17.5. The first-order valence-electron chi connectivity index (χ1n) is 8.22. The van der Waals surface area contributed by atoms with Crippen molar-refractivity contribution in [1.29, 1.82) is 0 Å². The molecule has 2 atom stereocenters. The number of amides is 1. The largest absolute Gasteiger partial charge is 0.480 e. The molecule has 0 saturated carbocycles. The Morgan fingerprint density at radius 1 is 1.04 bits per heavy atom. The molecule has 0 saturated heterocycles. The Hall–Kier alpha value is -3.28. The van der Waals surface area contributed by atoms with Crippen molar-refractivity contribution in [3.05, 3.63) is 83.8 Å². The van der Waals surface area contributed by atoms with E-state index in [0.29, 0.717) is 17.7 Å². The van der Waals surface area contributed by atoms with Gasteiger partial charge in [0.15, 0.2) is 0 Å². The molecule has 0 bridgehead atoms. The maximum Gasteiger partial charge on any atom is 0.326 e. The molecule has 2 N–H and O–H groups in total. The van der Waals surface area contributed by atoms with Gasteiger partial charge in [-0.1, -0.05) is 48.5 Å². The number of rotatable bonds is 7. The Morgan fingerprint density at radius 2 is 1.69 bits per heavy atom. The van der Waals surface area contributed by atoms with Gasteiger partial charge in [-0.2, -0.15) is 0 Å². The fourth-order valence-corrected chi connectivity index (χ4v) is 2.85. The van der Waals surface area contributed by atoms with Gasteiger partial charge >= 0.3 is 5.97 Å². The van der Waals surface area contributed by atoms with Gasteiger partial charge in [-0.05, 0) is 24.1 Å². The summed E-state index contributed by atoms with van der Waals surface area (Å²) in [6.07, 6.45) is 1.81. The Bertz CT molecular complexity index is 788. The van der Waals surface area contributed by atoms with E-state index in [0.717, 1.165) is 5.56 Å². The summed E-state index contributed by atoms with van der Waals surface area (Å²) in [5.74, 6) is -1.76. The molecule has 0 spiro atoms. The number of carbonyl (C=O) groups is 2. The molecule has 2 unspecified atom stereocenters. The molecule has 0 aliphatic carbocycles. The highest BCUT2D eigenvalue weighted by molar-refractivity contribution is 5.96. The molecule has 134 valence electrons. The highest BCUT2D eigenvalue weighted by atomic mass is 16.7. The lowest BCUT2D eigenvalue weighted by molar-refractivity contribution is -0.140. The lowest BCUT2D eigenvalue weighted by Gasteiger charge is -2.25. The van der Waals surface area contributed by atoms with Crippen LogP contribution in [0.3, 0.4) is 0 Å². The van der Waals surface area contributed by atoms with Crippen LogP contribution in [-0.4, -0.2) is 29.8 Å². The zero-order chi connectivity index (χ0) is 18.4. The first-order valence-corrected chi connectivity index (χ1v) is 8.22. The van der Waals surface area contributed by atoms with Crippen molar-refractivity contribution in [1.82, 2.24) is 5.32 Å². The standard InChI is InChI=1S/C20H19NO5/c22-19(15-9-5-2-6-10-15)21-18(20(23)24)16(17-12-25-13-26-17)11-14-7-3-1-4-8-14/h1-10,12,16,18H,11,13H2,(H,21,22)(H,23,24). The van der Waals surface area contributed by atoms with Gasteiger partial charge in [0.25, 0.3) is 5.91 Å². The third kappa shape index (κ3) is 4.22. The van der Waals surface area contributed by atoms with E-state index < -0.39 is 23.8 Å². The van der Waals surface area contributed by atoms with Crippen LogP contribution in [0.25, 0.3) is 0 Å². The van der Waals surface area contributed by atoms with Crippen LogP contribution < -0.4 is 5.32 Å². The Labute approximate surface area is 151 Å². The average Bonchev–Trinajstić information content (AvgIpc) is 3.20. The van der Waals surface area contributed by atoms with E-state index in [1.165, 1.54) is 6.26 Å². The van der Waals surface area contributed by atoms with E-state index in [1.54, 1.807) is 30.3 Å². The quantitative estimate of drug-likeness (QED) is 0.799. The lowest BCUT2D eigenvalue weighted by Crippen LogP contribution is -2.47. The van der Waals surface area contributed by atoms with E-state index >= 15 is 0 Å². The van der Waals surface area contributed by atoms with Crippen molar-refractivity contribution in [2.45, 2.75) is 12.5 Å². The molecule has 1 heterocycles. The van der Waals surface area contributed by atoms with Crippen molar-refractivity contribution in [2.24, 2.45) is 5.92 Å². The number of carboxylic acid groups (broad SMARTS) is 1. The summed E-state index contributed by atoms with van der Waals surface area (Å²) >= 11 is 0. The molecule has 26 heavy (non-hydrogen) atoms. The molecule has 6 nitrogen and oxygen atoms in total. The number of ether oxygens (including phenoxy) is 2. The normalized spacial score (nSPS) is 15.2. The maximum atomic E-state index is 12.5. The number of benzene rings is 2. The molecule has 3 rings (SSSR count). The van der Waals surface area contributed by atoms with Gasteiger partial charge in [0, 0.05) is 5.56 Å². The zero-order valence-electron chi connectivity index (χ0n) is 14.0. The van der Waals surface area contributed by atoms with Crippen LogP contribution in [0.5, 0.6) is 0 Å². The summed E-state index contributed by atoms with van der Waals surface area (Å²) in [7, 11) is 0. The van der Waals surface area contributed by atoms with Crippen molar-refractivity contribution in [2.75, 3.05) is 6.79 Å². The second-order valence-corrected chi connectivity index (χ2v) is 5.90. The zero-order valence-corrected chi connectivity index (χ0v) is 14.0. The van der Waals surface area contributed by atoms with Crippen molar-refractivity contribution in [3.63, 3.8) is 0 Å². The van der Waals surface area contributed by atoms with Gasteiger partial charge in [0.2, 0.25) is 6.79 Å². The van der Waals surface area contributed by atoms with Crippen LogP contribution in [0.1, 0.15) is 15.9 Å². The molecule has 1 aliphatic heterocycles. The summed E-state index contributed by atoms with van der Waals surface area (Å²) in [6.45, 7) is 0.0413. The second-order valence-electron chi connectivity index (χ2n) is 5.90. The number of carboxylic acids is 1. The number of nitrogens with one attached hydrogen (secondary N) is 1. The predicted molar refractivity (Wildman–Crippen MR) is 94.1 cm³/mol.